The van der Waals surface area contributed by atoms with Gasteiger partial charge < -0.3 is 19.5 Å². The van der Waals surface area contributed by atoms with Crippen LogP contribution in [0.3, 0.4) is 0 Å². The van der Waals surface area contributed by atoms with Gasteiger partial charge in [-0.15, -0.1) is 0 Å². The number of benzene rings is 1. The van der Waals surface area contributed by atoms with Gasteiger partial charge in [0.1, 0.15) is 6.04 Å². The lowest BCUT2D eigenvalue weighted by Crippen LogP contribution is -2.40. The molecule has 1 unspecified atom stereocenters. The summed E-state index contributed by atoms with van der Waals surface area (Å²) in [5.41, 5.74) is 0.252. The molecule has 1 atom stereocenters. The minimum atomic E-state index is -1.08. The highest BCUT2D eigenvalue weighted by molar-refractivity contribution is 6.32. The number of rotatable bonds is 9. The first kappa shape index (κ1) is 20.1. The topological polar surface area (TPSA) is 76.1 Å². The predicted octanol–water partition coefficient (Wildman–Crippen LogP) is 3.46. The van der Waals surface area contributed by atoms with Crippen molar-refractivity contribution in [3.05, 3.63) is 22.7 Å². The van der Waals surface area contributed by atoms with E-state index in [1.165, 1.54) is 26.1 Å². The van der Waals surface area contributed by atoms with Gasteiger partial charge >= 0.3 is 5.97 Å². The predicted molar refractivity (Wildman–Crippen MR) is 92.2 cm³/mol. The number of carbonyl (C=O) groups excluding carboxylic acids is 1. The first-order chi connectivity index (χ1) is 11.3. The number of carbonyl (C=O) groups is 2. The Balaban J connectivity index is 3.13. The SMILES string of the molecule is CCCCOc1c(Cl)cc(C(=O)N(C)C(C)C(=O)O)cc1OCC. The van der Waals surface area contributed by atoms with Gasteiger partial charge in [-0.05, 0) is 32.4 Å². The molecule has 0 saturated heterocycles. The molecule has 1 N–H and O–H groups in total. The molecule has 0 aliphatic rings. The van der Waals surface area contributed by atoms with Crippen LogP contribution in [0.1, 0.15) is 44.0 Å². The maximum absolute atomic E-state index is 12.5. The smallest absolute Gasteiger partial charge is 0.326 e. The maximum Gasteiger partial charge on any atom is 0.326 e. The van der Waals surface area contributed by atoms with Crippen molar-refractivity contribution in [2.75, 3.05) is 20.3 Å². The van der Waals surface area contributed by atoms with Gasteiger partial charge in [-0.2, -0.15) is 0 Å². The van der Waals surface area contributed by atoms with E-state index in [1.807, 2.05) is 6.92 Å². The van der Waals surface area contributed by atoms with Crippen LogP contribution in [0, 0.1) is 0 Å². The van der Waals surface area contributed by atoms with E-state index < -0.39 is 17.9 Å². The van der Waals surface area contributed by atoms with E-state index in [9.17, 15) is 9.59 Å². The Bertz CT molecular complexity index is 591. The molecular weight excluding hydrogens is 334 g/mol. The van der Waals surface area contributed by atoms with Gasteiger partial charge in [0.25, 0.3) is 5.91 Å². The summed E-state index contributed by atoms with van der Waals surface area (Å²) < 4.78 is 11.2. The first-order valence-electron chi connectivity index (χ1n) is 7.92. The zero-order valence-electron chi connectivity index (χ0n) is 14.5. The second-order valence-corrected chi connectivity index (χ2v) is 5.76. The highest BCUT2D eigenvalue weighted by Crippen LogP contribution is 2.37. The summed E-state index contributed by atoms with van der Waals surface area (Å²) in [5.74, 6) is -0.757. The van der Waals surface area contributed by atoms with Crippen molar-refractivity contribution in [2.45, 2.75) is 39.7 Å². The molecule has 0 aliphatic heterocycles. The average molecular weight is 358 g/mol. The monoisotopic (exact) mass is 357 g/mol. The fourth-order valence-electron chi connectivity index (χ4n) is 1.96. The highest BCUT2D eigenvalue weighted by atomic mass is 35.5. The fourth-order valence-corrected chi connectivity index (χ4v) is 2.22. The Kier molecular flexibility index (Phi) is 7.85. The lowest BCUT2D eigenvalue weighted by molar-refractivity contribution is -0.141. The van der Waals surface area contributed by atoms with E-state index in [1.54, 1.807) is 0 Å². The highest BCUT2D eigenvalue weighted by Gasteiger charge is 2.25. The maximum atomic E-state index is 12.5. The lowest BCUT2D eigenvalue weighted by Gasteiger charge is -2.22. The van der Waals surface area contributed by atoms with Crippen LogP contribution >= 0.6 is 11.6 Å². The minimum absolute atomic E-state index is 0.252. The summed E-state index contributed by atoms with van der Waals surface area (Å²) in [5, 5.41) is 9.30. The van der Waals surface area contributed by atoms with Gasteiger partial charge in [0.15, 0.2) is 11.5 Å². The number of ether oxygens (including phenoxy) is 2. The number of unbranched alkanes of at least 4 members (excludes halogenated alkanes) is 1. The molecular formula is C17H24ClNO5. The molecule has 1 amide bonds. The van der Waals surface area contributed by atoms with Crippen molar-refractivity contribution in [1.29, 1.82) is 0 Å². The van der Waals surface area contributed by atoms with Crippen LogP contribution in [0.2, 0.25) is 5.02 Å². The largest absolute Gasteiger partial charge is 0.490 e. The summed E-state index contributed by atoms with van der Waals surface area (Å²) in [6, 6.07) is 2.05. The van der Waals surface area contributed by atoms with Crippen molar-refractivity contribution in [3.8, 4) is 11.5 Å². The number of likely N-dealkylation sites (N-methyl/N-ethyl adjacent to an activating group) is 1. The second kappa shape index (κ2) is 9.37. The zero-order chi connectivity index (χ0) is 18.3. The molecule has 1 rings (SSSR count). The van der Waals surface area contributed by atoms with Crippen LogP contribution in [0.5, 0.6) is 11.5 Å². The van der Waals surface area contributed by atoms with E-state index in [4.69, 9.17) is 26.2 Å². The molecule has 7 heteroatoms. The van der Waals surface area contributed by atoms with Crippen LogP contribution in [-0.4, -0.2) is 48.2 Å². The van der Waals surface area contributed by atoms with E-state index >= 15 is 0 Å². The van der Waals surface area contributed by atoms with Gasteiger partial charge in [0.2, 0.25) is 0 Å². The fraction of sp³-hybridized carbons (Fsp3) is 0.529. The summed E-state index contributed by atoms with van der Waals surface area (Å²) in [6.45, 7) is 6.19. The molecule has 0 radical (unpaired) electrons. The van der Waals surface area contributed by atoms with Crippen LogP contribution in [0.25, 0.3) is 0 Å². The number of halogens is 1. The van der Waals surface area contributed by atoms with Gasteiger partial charge in [-0.25, -0.2) is 4.79 Å². The summed E-state index contributed by atoms with van der Waals surface area (Å²) in [6.07, 6.45) is 1.86. The molecule has 0 fully saturated rings. The zero-order valence-corrected chi connectivity index (χ0v) is 15.2. The molecule has 0 bridgehead atoms. The quantitative estimate of drug-likeness (QED) is 0.685. The van der Waals surface area contributed by atoms with Crippen molar-refractivity contribution >= 4 is 23.5 Å². The number of amides is 1. The number of hydrogen-bond acceptors (Lipinski definition) is 4. The summed E-state index contributed by atoms with van der Waals surface area (Å²) in [4.78, 5) is 24.7. The molecule has 0 spiro atoms. The molecule has 0 saturated carbocycles. The first-order valence-corrected chi connectivity index (χ1v) is 8.30. The van der Waals surface area contributed by atoms with E-state index in [-0.39, 0.29) is 10.6 Å². The molecule has 0 aliphatic carbocycles. The van der Waals surface area contributed by atoms with Crippen molar-refractivity contribution in [3.63, 3.8) is 0 Å². The van der Waals surface area contributed by atoms with Crippen molar-refractivity contribution in [1.82, 2.24) is 4.90 Å². The Morgan fingerprint density at radius 1 is 1.29 bits per heavy atom. The molecule has 0 aromatic heterocycles. The minimum Gasteiger partial charge on any atom is -0.490 e. The Hall–Kier alpha value is -1.95. The molecule has 24 heavy (non-hydrogen) atoms. The van der Waals surface area contributed by atoms with E-state index in [0.717, 1.165) is 17.7 Å². The molecule has 6 nitrogen and oxygen atoms in total. The third-order valence-electron chi connectivity index (χ3n) is 3.56. The Morgan fingerprint density at radius 3 is 2.50 bits per heavy atom. The molecule has 1 aromatic carbocycles. The summed E-state index contributed by atoms with van der Waals surface area (Å²) in [7, 11) is 1.43. The average Bonchev–Trinajstić information content (AvgIpc) is 2.55. The third-order valence-corrected chi connectivity index (χ3v) is 3.84. The van der Waals surface area contributed by atoms with Crippen LogP contribution < -0.4 is 9.47 Å². The van der Waals surface area contributed by atoms with Crippen molar-refractivity contribution < 1.29 is 24.2 Å². The molecule has 0 heterocycles. The Labute approximate surface area is 147 Å². The normalized spacial score (nSPS) is 11.7. The number of hydrogen-bond donors (Lipinski definition) is 1. The van der Waals surface area contributed by atoms with Gasteiger partial charge in [-0.3, -0.25) is 4.79 Å². The number of nitrogens with zero attached hydrogens (tertiary/aromatic N) is 1. The lowest BCUT2D eigenvalue weighted by atomic mass is 10.1. The summed E-state index contributed by atoms with van der Waals surface area (Å²) >= 11 is 6.25. The van der Waals surface area contributed by atoms with Gasteiger partial charge in [-0.1, -0.05) is 24.9 Å². The number of aliphatic carboxylic acids is 1. The van der Waals surface area contributed by atoms with E-state index in [0.29, 0.717) is 24.7 Å². The van der Waals surface area contributed by atoms with Crippen LogP contribution in [-0.2, 0) is 4.79 Å². The van der Waals surface area contributed by atoms with Gasteiger partial charge in [0.05, 0.1) is 18.2 Å². The second-order valence-electron chi connectivity index (χ2n) is 5.35. The standard InChI is InChI=1S/C17H24ClNO5/c1-5-7-8-24-15-13(18)9-12(10-14(15)23-6-2)16(20)19(4)11(3)17(21)22/h9-11H,5-8H2,1-4H3,(H,21,22). The van der Waals surface area contributed by atoms with Gasteiger partial charge in [0, 0.05) is 12.6 Å². The number of carboxylic acid groups (broad SMARTS) is 1. The number of carboxylic acids is 1. The Morgan fingerprint density at radius 2 is 1.96 bits per heavy atom. The van der Waals surface area contributed by atoms with Crippen LogP contribution in [0.4, 0.5) is 0 Å². The molecule has 134 valence electrons. The molecule has 1 aromatic rings. The van der Waals surface area contributed by atoms with Crippen LogP contribution in [0.15, 0.2) is 12.1 Å². The van der Waals surface area contributed by atoms with E-state index in [2.05, 4.69) is 6.92 Å². The van der Waals surface area contributed by atoms with Crippen molar-refractivity contribution in [2.24, 2.45) is 0 Å². The third kappa shape index (κ3) is 5.03.